The maximum absolute atomic E-state index is 11.4. The minimum atomic E-state index is -0.307. The van der Waals surface area contributed by atoms with Crippen LogP contribution < -0.4 is 11.1 Å². The molecule has 2 rings (SSSR count). The lowest BCUT2D eigenvalue weighted by molar-refractivity contribution is 0.0999. The summed E-state index contributed by atoms with van der Waals surface area (Å²) in [6.07, 6.45) is 4.25. The van der Waals surface area contributed by atoms with Gasteiger partial charge >= 0.3 is 0 Å². The average molecular weight is 232 g/mol. The fourth-order valence-electron chi connectivity index (χ4n) is 2.54. The second-order valence-corrected chi connectivity index (χ2v) is 4.70. The molecule has 1 aromatic rings. The third-order valence-electron chi connectivity index (χ3n) is 3.43. The van der Waals surface area contributed by atoms with Crippen LogP contribution in [0.4, 0.5) is 0 Å². The molecule has 1 atom stereocenters. The number of nitrogens with one attached hydrogen (secondary N) is 1. The van der Waals surface area contributed by atoms with Gasteiger partial charge in [-0.05, 0) is 49.4 Å². The molecule has 0 heterocycles. The van der Waals surface area contributed by atoms with Crippen molar-refractivity contribution in [1.82, 2.24) is 5.32 Å². The van der Waals surface area contributed by atoms with Crippen LogP contribution in [-0.2, 0) is 12.8 Å². The predicted molar refractivity (Wildman–Crippen MR) is 69.1 cm³/mol. The number of fused-ring (bicyclic) bond motifs is 1. The Morgan fingerprint density at radius 1 is 1.53 bits per heavy atom. The van der Waals surface area contributed by atoms with Gasteiger partial charge in [-0.1, -0.05) is 19.1 Å². The van der Waals surface area contributed by atoms with E-state index < -0.39 is 0 Å². The molecule has 1 amide bonds. The molecular weight excluding hydrogens is 212 g/mol. The Balaban J connectivity index is 2.20. The van der Waals surface area contributed by atoms with Crippen LogP contribution in [0.3, 0.4) is 0 Å². The number of hydrogen-bond donors (Lipinski definition) is 2. The summed E-state index contributed by atoms with van der Waals surface area (Å²) in [5, 5.41) is 3.53. The first kappa shape index (κ1) is 12.1. The van der Waals surface area contributed by atoms with Gasteiger partial charge in [-0.2, -0.15) is 0 Å². The molecule has 1 aliphatic rings. The van der Waals surface area contributed by atoms with Crippen LogP contribution in [0.25, 0.3) is 0 Å². The second-order valence-electron chi connectivity index (χ2n) is 4.70. The summed E-state index contributed by atoms with van der Waals surface area (Å²) in [5.74, 6) is -0.307. The first-order valence-electron chi connectivity index (χ1n) is 6.36. The van der Waals surface area contributed by atoms with Crippen LogP contribution in [0.15, 0.2) is 18.2 Å². The Hall–Kier alpha value is -1.35. The van der Waals surface area contributed by atoms with Gasteiger partial charge in [0.05, 0.1) is 0 Å². The highest BCUT2D eigenvalue weighted by Gasteiger charge is 2.21. The van der Waals surface area contributed by atoms with E-state index in [1.807, 2.05) is 12.1 Å². The number of primary amides is 1. The second kappa shape index (κ2) is 5.32. The van der Waals surface area contributed by atoms with Crippen molar-refractivity contribution in [2.24, 2.45) is 5.73 Å². The highest BCUT2D eigenvalue weighted by molar-refractivity contribution is 5.94. The Kier molecular flexibility index (Phi) is 3.79. The van der Waals surface area contributed by atoms with Crippen molar-refractivity contribution in [2.75, 3.05) is 6.54 Å². The molecule has 3 heteroatoms. The summed E-state index contributed by atoms with van der Waals surface area (Å²) in [7, 11) is 0. The number of hydrogen-bond acceptors (Lipinski definition) is 2. The molecule has 3 nitrogen and oxygen atoms in total. The molecule has 0 saturated heterocycles. The van der Waals surface area contributed by atoms with E-state index in [1.54, 1.807) is 0 Å². The van der Waals surface area contributed by atoms with Crippen LogP contribution in [0.2, 0.25) is 0 Å². The van der Waals surface area contributed by atoms with E-state index in [0.717, 1.165) is 37.8 Å². The van der Waals surface area contributed by atoms with E-state index in [9.17, 15) is 4.79 Å². The van der Waals surface area contributed by atoms with E-state index in [-0.39, 0.29) is 5.91 Å². The van der Waals surface area contributed by atoms with Gasteiger partial charge in [0.1, 0.15) is 0 Å². The van der Waals surface area contributed by atoms with Gasteiger partial charge in [0, 0.05) is 11.6 Å². The van der Waals surface area contributed by atoms with Gasteiger partial charge in [-0.25, -0.2) is 0 Å². The maximum atomic E-state index is 11.4. The molecule has 0 saturated carbocycles. The molecule has 0 radical (unpaired) electrons. The van der Waals surface area contributed by atoms with Crippen LogP contribution in [-0.4, -0.2) is 18.5 Å². The van der Waals surface area contributed by atoms with E-state index in [2.05, 4.69) is 18.3 Å². The van der Waals surface area contributed by atoms with E-state index in [0.29, 0.717) is 11.6 Å². The maximum Gasteiger partial charge on any atom is 0.248 e. The summed E-state index contributed by atoms with van der Waals surface area (Å²) < 4.78 is 0. The lowest BCUT2D eigenvalue weighted by Crippen LogP contribution is -2.36. The SMILES string of the molecule is CCCNC1CCc2cccc(C(N)=O)c2C1. The van der Waals surface area contributed by atoms with Gasteiger partial charge in [0.25, 0.3) is 0 Å². The van der Waals surface area contributed by atoms with E-state index in [4.69, 9.17) is 5.73 Å². The van der Waals surface area contributed by atoms with Crippen molar-refractivity contribution >= 4 is 5.91 Å². The van der Waals surface area contributed by atoms with Crippen molar-refractivity contribution in [2.45, 2.75) is 38.6 Å². The summed E-state index contributed by atoms with van der Waals surface area (Å²) >= 11 is 0. The predicted octanol–water partition coefficient (Wildman–Crippen LogP) is 1.64. The molecular formula is C14H20N2O. The van der Waals surface area contributed by atoms with Crippen molar-refractivity contribution in [3.63, 3.8) is 0 Å². The minimum absolute atomic E-state index is 0.307. The highest BCUT2D eigenvalue weighted by atomic mass is 16.1. The van der Waals surface area contributed by atoms with Crippen LogP contribution in [0.5, 0.6) is 0 Å². The monoisotopic (exact) mass is 232 g/mol. The minimum Gasteiger partial charge on any atom is -0.366 e. The lowest BCUT2D eigenvalue weighted by atomic mass is 9.85. The number of aryl methyl sites for hydroxylation is 1. The van der Waals surface area contributed by atoms with Crippen molar-refractivity contribution in [3.8, 4) is 0 Å². The van der Waals surface area contributed by atoms with Gasteiger partial charge in [0.2, 0.25) is 5.91 Å². The van der Waals surface area contributed by atoms with Gasteiger partial charge in [0.15, 0.2) is 0 Å². The lowest BCUT2D eigenvalue weighted by Gasteiger charge is -2.26. The summed E-state index contributed by atoms with van der Waals surface area (Å²) in [6.45, 7) is 3.21. The van der Waals surface area contributed by atoms with E-state index in [1.165, 1.54) is 5.56 Å². The summed E-state index contributed by atoms with van der Waals surface area (Å²) in [6, 6.07) is 6.36. The normalized spacial score (nSPS) is 18.8. The zero-order valence-electron chi connectivity index (χ0n) is 10.3. The van der Waals surface area contributed by atoms with Crippen LogP contribution in [0, 0.1) is 0 Å². The zero-order chi connectivity index (χ0) is 12.3. The number of carbonyl (C=O) groups is 1. The molecule has 0 spiro atoms. The quantitative estimate of drug-likeness (QED) is 0.829. The Morgan fingerprint density at radius 3 is 3.06 bits per heavy atom. The number of amides is 1. The Bertz CT molecular complexity index is 415. The smallest absolute Gasteiger partial charge is 0.248 e. The first-order valence-corrected chi connectivity index (χ1v) is 6.36. The van der Waals surface area contributed by atoms with E-state index >= 15 is 0 Å². The average Bonchev–Trinajstić information content (AvgIpc) is 2.35. The topological polar surface area (TPSA) is 55.1 Å². The molecule has 1 aliphatic carbocycles. The van der Waals surface area contributed by atoms with Gasteiger partial charge < -0.3 is 11.1 Å². The molecule has 0 bridgehead atoms. The van der Waals surface area contributed by atoms with Gasteiger partial charge in [-0.15, -0.1) is 0 Å². The third-order valence-corrected chi connectivity index (χ3v) is 3.43. The fraction of sp³-hybridized carbons (Fsp3) is 0.500. The summed E-state index contributed by atoms with van der Waals surface area (Å²) in [5.41, 5.74) is 8.56. The Morgan fingerprint density at radius 2 is 2.35 bits per heavy atom. The molecule has 1 unspecified atom stereocenters. The van der Waals surface area contributed by atoms with Crippen molar-refractivity contribution in [1.29, 1.82) is 0 Å². The Labute approximate surface area is 102 Å². The van der Waals surface area contributed by atoms with Crippen LogP contribution in [0.1, 0.15) is 41.3 Å². The zero-order valence-corrected chi connectivity index (χ0v) is 10.3. The van der Waals surface area contributed by atoms with Crippen molar-refractivity contribution in [3.05, 3.63) is 34.9 Å². The first-order chi connectivity index (χ1) is 8.22. The summed E-state index contributed by atoms with van der Waals surface area (Å²) in [4.78, 5) is 11.4. The number of benzene rings is 1. The van der Waals surface area contributed by atoms with Crippen LogP contribution >= 0.6 is 0 Å². The molecule has 0 aliphatic heterocycles. The van der Waals surface area contributed by atoms with Gasteiger partial charge in [-0.3, -0.25) is 4.79 Å². The molecule has 1 aromatic carbocycles. The number of rotatable bonds is 4. The third kappa shape index (κ3) is 2.67. The number of nitrogens with two attached hydrogens (primary N) is 1. The molecule has 17 heavy (non-hydrogen) atoms. The molecule has 0 fully saturated rings. The molecule has 3 N–H and O–H groups in total. The largest absolute Gasteiger partial charge is 0.366 e. The highest BCUT2D eigenvalue weighted by Crippen LogP contribution is 2.24. The molecule has 92 valence electrons. The number of carbonyl (C=O) groups excluding carboxylic acids is 1. The molecule has 0 aromatic heterocycles. The fourth-order valence-corrected chi connectivity index (χ4v) is 2.54. The van der Waals surface area contributed by atoms with Crippen molar-refractivity contribution < 1.29 is 4.79 Å². The standard InChI is InChI=1S/C14H20N2O/c1-2-8-16-11-7-6-10-4-3-5-12(14(15)17)13(10)9-11/h3-5,11,16H,2,6-9H2,1H3,(H2,15,17).